The summed E-state index contributed by atoms with van der Waals surface area (Å²) < 4.78 is 0. The molecule has 1 heteroatoms. The van der Waals surface area contributed by atoms with Crippen molar-refractivity contribution in [3.8, 4) is 33.4 Å². The van der Waals surface area contributed by atoms with Gasteiger partial charge in [0.1, 0.15) is 7.85 Å². The number of hydrogen-bond acceptors (Lipinski definition) is 0. The van der Waals surface area contributed by atoms with Crippen LogP contribution in [-0.2, 0) is 0 Å². The van der Waals surface area contributed by atoms with Gasteiger partial charge < -0.3 is 0 Å². The van der Waals surface area contributed by atoms with E-state index in [1.165, 1.54) is 138 Å². The minimum Gasteiger partial charge on any atom is -0.0900 e. The van der Waals surface area contributed by atoms with Crippen molar-refractivity contribution in [3.05, 3.63) is 146 Å². The van der Waals surface area contributed by atoms with Gasteiger partial charge in [-0.2, -0.15) is 0 Å². The summed E-state index contributed by atoms with van der Waals surface area (Å²) in [6.07, 6.45) is 0. The third-order valence-electron chi connectivity index (χ3n) is 12.9. The zero-order valence-corrected chi connectivity index (χ0v) is 32.7. The topological polar surface area (TPSA) is 0 Å². The van der Waals surface area contributed by atoms with Crippen molar-refractivity contribution in [1.82, 2.24) is 0 Å². The van der Waals surface area contributed by atoms with Gasteiger partial charge in [0, 0.05) is 0 Å². The van der Waals surface area contributed by atoms with Gasteiger partial charge in [-0.25, -0.2) is 0 Å². The smallest absolute Gasteiger partial charge is 0.0900 e. The van der Waals surface area contributed by atoms with Gasteiger partial charge in [-0.1, -0.05) is 89.9 Å². The van der Waals surface area contributed by atoms with Gasteiger partial charge in [-0.15, -0.1) is 0 Å². The Labute approximate surface area is 310 Å². The first-order valence-electron chi connectivity index (χ1n) is 18.7. The van der Waals surface area contributed by atoms with Crippen LogP contribution in [0.3, 0.4) is 0 Å². The fourth-order valence-electron chi connectivity index (χ4n) is 9.32. The highest BCUT2D eigenvalue weighted by Gasteiger charge is 2.28. The Morgan fingerprint density at radius 1 is 0.346 bits per heavy atom. The molecule has 0 aliphatic carbocycles. The number of rotatable bonds is 3. The van der Waals surface area contributed by atoms with Crippen molar-refractivity contribution in [1.29, 1.82) is 0 Å². The van der Waals surface area contributed by atoms with Crippen LogP contribution in [0.25, 0.3) is 76.5 Å². The van der Waals surface area contributed by atoms with Crippen molar-refractivity contribution < 1.29 is 0 Å². The molecule has 52 heavy (non-hydrogen) atoms. The third kappa shape index (κ3) is 4.75. The van der Waals surface area contributed by atoms with Crippen LogP contribution < -0.4 is 5.46 Å². The second-order valence-electron chi connectivity index (χ2n) is 15.4. The maximum atomic E-state index is 7.09. The van der Waals surface area contributed by atoms with E-state index in [1.807, 2.05) is 0 Å². The quantitative estimate of drug-likeness (QED) is 0.130. The first-order chi connectivity index (χ1) is 24.8. The molecule has 0 fully saturated rings. The molecule has 8 aromatic carbocycles. The molecule has 0 aliphatic heterocycles. The maximum Gasteiger partial charge on any atom is 0.114 e. The van der Waals surface area contributed by atoms with Crippen molar-refractivity contribution in [2.75, 3.05) is 0 Å². The Morgan fingerprint density at radius 3 is 1.54 bits per heavy atom. The highest BCUT2D eigenvalue weighted by Crippen LogP contribution is 2.52. The maximum absolute atomic E-state index is 7.09. The van der Waals surface area contributed by atoms with Crippen LogP contribution in [0.5, 0.6) is 0 Å². The highest BCUT2D eigenvalue weighted by atomic mass is 14.3. The molecular weight excluding hydrogens is 623 g/mol. The van der Waals surface area contributed by atoms with E-state index < -0.39 is 0 Å². The van der Waals surface area contributed by atoms with Crippen molar-refractivity contribution in [2.24, 2.45) is 0 Å². The summed E-state index contributed by atoms with van der Waals surface area (Å²) in [5.74, 6) is 0. The first kappa shape index (κ1) is 34.0. The first-order valence-corrected chi connectivity index (χ1v) is 18.7. The van der Waals surface area contributed by atoms with Gasteiger partial charge in [0.2, 0.25) is 0 Å². The van der Waals surface area contributed by atoms with Crippen LogP contribution in [0.15, 0.2) is 84.9 Å². The minimum atomic E-state index is 0.894. The Bertz CT molecular complexity index is 2760. The van der Waals surface area contributed by atoms with E-state index in [2.05, 4.69) is 161 Å². The van der Waals surface area contributed by atoms with Gasteiger partial charge >= 0.3 is 0 Å². The van der Waals surface area contributed by atoms with Crippen LogP contribution in [-0.4, -0.2) is 7.85 Å². The summed E-state index contributed by atoms with van der Waals surface area (Å²) in [4.78, 5) is 0. The lowest BCUT2D eigenvalue weighted by molar-refractivity contribution is 1.23. The van der Waals surface area contributed by atoms with E-state index in [1.54, 1.807) is 0 Å². The molecule has 2 radical (unpaired) electrons. The summed E-state index contributed by atoms with van der Waals surface area (Å²) in [7, 11) is 7.09. The molecule has 0 spiro atoms. The zero-order chi connectivity index (χ0) is 36.9. The van der Waals surface area contributed by atoms with Crippen LogP contribution in [0.2, 0.25) is 0 Å². The lowest BCUT2D eigenvalue weighted by Gasteiger charge is -2.29. The molecule has 254 valence electrons. The summed E-state index contributed by atoms with van der Waals surface area (Å²) in [5, 5.41) is 10.4. The van der Waals surface area contributed by atoms with Gasteiger partial charge in [-0.05, 0) is 214 Å². The lowest BCUT2D eigenvalue weighted by Crippen LogP contribution is -2.16. The number of fused-ring (bicyclic) bond motifs is 4. The van der Waals surface area contributed by atoms with Gasteiger partial charge in [0.15, 0.2) is 0 Å². The van der Waals surface area contributed by atoms with E-state index in [4.69, 9.17) is 7.85 Å². The van der Waals surface area contributed by atoms with E-state index in [9.17, 15) is 0 Å². The predicted octanol–water partition coefficient (Wildman–Crippen LogP) is 13.5. The van der Waals surface area contributed by atoms with Crippen LogP contribution in [0, 0.1) is 76.2 Å². The standard InChI is InChI=1S/C51H47B/c1-26-24-27(2)44(31(6)28(26)3)50-47-33(8)30(5)29(4)32(7)45(47)49(46-34(9)35(10)51(52)36(11)48(46)50)43-21-15-19-41-40(18-14-20-42(41)43)39-23-22-37-16-12-13-17-38(37)25-39/h12-25H,1-11H3. The number of hydrogen-bond donors (Lipinski definition) is 0. The fourth-order valence-corrected chi connectivity index (χ4v) is 9.32. The Morgan fingerprint density at radius 2 is 0.885 bits per heavy atom. The van der Waals surface area contributed by atoms with Crippen molar-refractivity contribution in [3.63, 3.8) is 0 Å². The van der Waals surface area contributed by atoms with Gasteiger partial charge in [-0.3, -0.25) is 0 Å². The minimum absolute atomic E-state index is 0.894. The SMILES string of the molecule is [B]c1c(C)c(C)c2c(-c3cccc4c(-c5ccc6ccccc6c5)cccc34)c3c(C)c(C)c(C)c(C)c3c(-c3c(C)cc(C)c(C)c3C)c2c1C. The number of aryl methyl sites for hydroxylation is 6. The molecule has 8 rings (SSSR count). The normalized spacial score (nSPS) is 11.8. The van der Waals surface area contributed by atoms with Gasteiger partial charge in [0.25, 0.3) is 0 Å². The second kappa shape index (κ2) is 12.2. The third-order valence-corrected chi connectivity index (χ3v) is 12.9. The molecule has 0 aromatic heterocycles. The average Bonchev–Trinajstić information content (AvgIpc) is 3.15. The Balaban J connectivity index is 1.63. The molecule has 0 bridgehead atoms. The molecule has 8 aromatic rings. The summed E-state index contributed by atoms with van der Waals surface area (Å²) >= 11 is 0. The zero-order valence-electron chi connectivity index (χ0n) is 32.7. The summed E-state index contributed by atoms with van der Waals surface area (Å²) in [5.41, 5.74) is 23.0. The Kier molecular flexibility index (Phi) is 7.99. The predicted molar refractivity (Wildman–Crippen MR) is 230 cm³/mol. The molecule has 0 saturated carbocycles. The van der Waals surface area contributed by atoms with E-state index in [-0.39, 0.29) is 0 Å². The highest BCUT2D eigenvalue weighted by molar-refractivity contribution is 6.38. The van der Waals surface area contributed by atoms with Crippen molar-refractivity contribution >= 4 is 56.4 Å². The van der Waals surface area contributed by atoms with Crippen LogP contribution in [0.4, 0.5) is 0 Å². The molecule has 0 N–H and O–H groups in total. The van der Waals surface area contributed by atoms with E-state index in [0.29, 0.717) is 0 Å². The molecule has 0 saturated heterocycles. The summed E-state index contributed by atoms with van der Waals surface area (Å²) in [6, 6.07) is 31.7. The van der Waals surface area contributed by atoms with Crippen LogP contribution in [0.1, 0.15) is 61.2 Å². The number of benzene rings is 8. The van der Waals surface area contributed by atoms with E-state index in [0.717, 1.165) is 5.46 Å². The van der Waals surface area contributed by atoms with Crippen molar-refractivity contribution in [2.45, 2.75) is 76.2 Å². The second-order valence-corrected chi connectivity index (χ2v) is 15.4. The average molecular weight is 671 g/mol. The van der Waals surface area contributed by atoms with E-state index >= 15 is 0 Å². The summed E-state index contributed by atoms with van der Waals surface area (Å²) in [6.45, 7) is 25.2. The molecule has 0 unspecified atom stereocenters. The lowest BCUT2D eigenvalue weighted by atomic mass is 9.72. The van der Waals surface area contributed by atoms with Gasteiger partial charge in [0.05, 0.1) is 0 Å². The molecule has 0 heterocycles. The molecule has 0 amide bonds. The Hall–Kier alpha value is -5.14. The monoisotopic (exact) mass is 670 g/mol. The molecule has 0 atom stereocenters. The fraction of sp³-hybridized carbons (Fsp3) is 0.216. The molecule has 0 nitrogen and oxygen atoms in total. The molecule has 0 aliphatic rings. The molecular formula is C51H47B. The largest absolute Gasteiger partial charge is 0.114 e. The van der Waals surface area contributed by atoms with Crippen LogP contribution >= 0.6 is 0 Å².